The molecule has 5 nitrogen and oxygen atoms in total. The first-order valence-electron chi connectivity index (χ1n) is 9.93. The molecule has 0 aromatic heterocycles. The van der Waals surface area contributed by atoms with Crippen LogP contribution in [-0.2, 0) is 20.6 Å². The zero-order valence-corrected chi connectivity index (χ0v) is 18.0. The number of nitrogens with zero attached hydrogens (tertiary/aromatic N) is 1. The van der Waals surface area contributed by atoms with E-state index in [4.69, 9.17) is 14.0 Å². The molecule has 1 aromatic rings. The van der Waals surface area contributed by atoms with Gasteiger partial charge < -0.3 is 18.9 Å². The van der Waals surface area contributed by atoms with E-state index in [0.29, 0.717) is 12.0 Å². The molecule has 1 aliphatic heterocycles. The maximum atomic E-state index is 14.9. The molecule has 0 N–H and O–H groups in total. The zero-order valence-electron chi connectivity index (χ0n) is 18.0. The number of carbonyl (C=O) groups excluding carboxylic acids is 1. The van der Waals surface area contributed by atoms with Crippen molar-refractivity contribution in [3.05, 3.63) is 29.6 Å². The quantitative estimate of drug-likeness (QED) is 0.728. The first-order valence-corrected chi connectivity index (χ1v) is 9.93. The molecule has 0 spiro atoms. The zero-order chi connectivity index (χ0) is 20.9. The van der Waals surface area contributed by atoms with Crippen LogP contribution in [-0.4, -0.2) is 41.0 Å². The predicted molar refractivity (Wildman–Crippen MR) is 107 cm³/mol. The lowest BCUT2D eigenvalue weighted by molar-refractivity contribution is 0.00578. The number of hydrogen-bond donors (Lipinski definition) is 0. The summed E-state index contributed by atoms with van der Waals surface area (Å²) in [5.74, 6) is -0.393. The van der Waals surface area contributed by atoms with Gasteiger partial charge in [0.1, 0.15) is 11.4 Å². The van der Waals surface area contributed by atoms with Crippen LogP contribution < -0.4 is 5.46 Å². The van der Waals surface area contributed by atoms with Crippen LogP contribution in [0.5, 0.6) is 0 Å². The van der Waals surface area contributed by atoms with Gasteiger partial charge in [-0.2, -0.15) is 0 Å². The highest BCUT2D eigenvalue weighted by Crippen LogP contribution is 2.36. The van der Waals surface area contributed by atoms with Crippen molar-refractivity contribution in [1.82, 2.24) is 4.90 Å². The number of hydrogen-bond acceptors (Lipinski definition) is 4. The summed E-state index contributed by atoms with van der Waals surface area (Å²) in [6.45, 7) is 13.6. The molecule has 1 aliphatic carbocycles. The summed E-state index contributed by atoms with van der Waals surface area (Å²) in [5.41, 5.74) is -0.520. The summed E-state index contributed by atoms with van der Waals surface area (Å²) in [7, 11) is -0.746. The molecule has 28 heavy (non-hydrogen) atoms. The Labute approximate surface area is 167 Å². The molecule has 1 saturated heterocycles. The van der Waals surface area contributed by atoms with Gasteiger partial charge in [0.25, 0.3) is 0 Å². The van der Waals surface area contributed by atoms with Crippen LogP contribution in [0.3, 0.4) is 0 Å². The van der Waals surface area contributed by atoms with Crippen molar-refractivity contribution >= 4 is 18.7 Å². The topological polar surface area (TPSA) is 48.0 Å². The average molecular weight is 391 g/mol. The summed E-state index contributed by atoms with van der Waals surface area (Å²) in [4.78, 5) is 14.2. The predicted octanol–water partition coefficient (Wildman–Crippen LogP) is 4.02. The Morgan fingerprint density at radius 3 is 2.25 bits per heavy atom. The summed E-state index contributed by atoms with van der Waals surface area (Å²) >= 11 is 0. The first-order chi connectivity index (χ1) is 12.8. The fraction of sp³-hybridized carbons (Fsp3) is 0.667. The number of ether oxygens (including phenoxy) is 1. The van der Waals surface area contributed by atoms with E-state index >= 15 is 0 Å². The molecule has 0 bridgehead atoms. The van der Waals surface area contributed by atoms with E-state index in [1.165, 1.54) is 6.07 Å². The Kier molecular flexibility index (Phi) is 5.30. The minimum Gasteiger partial charge on any atom is -0.444 e. The number of benzene rings is 1. The van der Waals surface area contributed by atoms with Crippen LogP contribution in [0.15, 0.2) is 18.2 Å². The molecule has 7 heteroatoms. The third-order valence-electron chi connectivity index (χ3n) is 5.54. The Hall–Kier alpha value is -1.60. The Morgan fingerprint density at radius 2 is 1.79 bits per heavy atom. The van der Waals surface area contributed by atoms with Gasteiger partial charge in [-0.1, -0.05) is 12.1 Å². The molecule has 1 saturated carbocycles. The van der Waals surface area contributed by atoms with E-state index < -0.39 is 29.7 Å². The molecular formula is C21H31BFNO4. The second kappa shape index (κ2) is 7.03. The highest BCUT2D eigenvalue weighted by Gasteiger charge is 2.52. The fourth-order valence-corrected chi connectivity index (χ4v) is 3.08. The van der Waals surface area contributed by atoms with E-state index in [9.17, 15) is 9.18 Å². The molecule has 2 aliphatic rings. The van der Waals surface area contributed by atoms with Gasteiger partial charge in [-0.3, -0.25) is 0 Å². The maximum absolute atomic E-state index is 14.9. The monoisotopic (exact) mass is 391 g/mol. The van der Waals surface area contributed by atoms with Crippen LogP contribution in [0.2, 0.25) is 0 Å². The summed E-state index contributed by atoms with van der Waals surface area (Å²) in [6, 6.07) is 5.14. The van der Waals surface area contributed by atoms with E-state index in [1.54, 1.807) is 11.0 Å². The van der Waals surface area contributed by atoms with Gasteiger partial charge in [-0.05, 0) is 72.9 Å². The van der Waals surface area contributed by atoms with Crippen molar-refractivity contribution in [1.29, 1.82) is 0 Å². The minimum atomic E-state index is -0.746. The number of amides is 1. The molecule has 2 fully saturated rings. The molecule has 1 amide bonds. The largest absolute Gasteiger partial charge is 0.497 e. The minimum absolute atomic E-state index is 0.167. The molecule has 1 aromatic carbocycles. The standard InChI is InChI=1S/C21H31BFNO4/c1-19(2,3)26-18(25)24(15-9-10-15)13-14-8-11-16(17(23)12-14)22-27-20(4,5)21(6,7)28-22/h8,11-12,15H,9-10,13H2,1-7H3. The lowest BCUT2D eigenvalue weighted by Gasteiger charge is -2.32. The van der Waals surface area contributed by atoms with Gasteiger partial charge in [0.05, 0.1) is 11.2 Å². The van der Waals surface area contributed by atoms with Gasteiger partial charge in [0, 0.05) is 18.0 Å². The summed E-state index contributed by atoms with van der Waals surface area (Å²) < 4.78 is 32.3. The Bertz CT molecular complexity index is 739. The van der Waals surface area contributed by atoms with Crippen molar-refractivity contribution < 1.29 is 23.2 Å². The van der Waals surface area contributed by atoms with Crippen molar-refractivity contribution in [2.45, 2.75) is 90.7 Å². The van der Waals surface area contributed by atoms with E-state index in [2.05, 4.69) is 0 Å². The second-order valence-electron chi connectivity index (χ2n) is 9.78. The first kappa shape index (κ1) is 21.1. The van der Waals surface area contributed by atoms with Crippen LogP contribution in [0, 0.1) is 5.82 Å². The van der Waals surface area contributed by atoms with Gasteiger partial charge in [-0.15, -0.1) is 0 Å². The molecule has 154 valence electrons. The van der Waals surface area contributed by atoms with Crippen LogP contribution >= 0.6 is 0 Å². The van der Waals surface area contributed by atoms with Gasteiger partial charge in [-0.25, -0.2) is 9.18 Å². The van der Waals surface area contributed by atoms with Crippen molar-refractivity contribution in [3.63, 3.8) is 0 Å². The van der Waals surface area contributed by atoms with Gasteiger partial charge in [0.15, 0.2) is 0 Å². The van der Waals surface area contributed by atoms with E-state index in [-0.39, 0.29) is 12.1 Å². The van der Waals surface area contributed by atoms with Gasteiger partial charge >= 0.3 is 13.2 Å². The van der Waals surface area contributed by atoms with Crippen molar-refractivity contribution in [3.8, 4) is 0 Å². The lowest BCUT2D eigenvalue weighted by Crippen LogP contribution is -2.41. The number of carbonyl (C=O) groups is 1. The van der Waals surface area contributed by atoms with E-state index in [0.717, 1.165) is 18.4 Å². The molecule has 1 heterocycles. The van der Waals surface area contributed by atoms with Crippen LogP contribution in [0.4, 0.5) is 9.18 Å². The number of rotatable bonds is 4. The van der Waals surface area contributed by atoms with Crippen molar-refractivity contribution in [2.75, 3.05) is 0 Å². The Balaban J connectivity index is 1.74. The molecule has 0 atom stereocenters. The third-order valence-corrected chi connectivity index (χ3v) is 5.54. The SMILES string of the molecule is CC(C)(C)OC(=O)N(Cc1ccc(B2OC(C)(C)C(C)(C)O2)c(F)c1)C1CC1. The third kappa shape index (κ3) is 4.52. The van der Waals surface area contributed by atoms with E-state index in [1.807, 2.05) is 54.5 Å². The second-order valence-corrected chi connectivity index (χ2v) is 9.78. The normalized spacial score (nSPS) is 20.9. The molecule has 3 rings (SSSR count). The summed E-state index contributed by atoms with van der Waals surface area (Å²) in [6.07, 6.45) is 1.55. The average Bonchev–Trinajstić information content (AvgIpc) is 3.31. The number of halogens is 1. The summed E-state index contributed by atoms with van der Waals surface area (Å²) in [5, 5.41) is 0. The van der Waals surface area contributed by atoms with Crippen LogP contribution in [0.25, 0.3) is 0 Å². The highest BCUT2D eigenvalue weighted by molar-refractivity contribution is 6.62. The Morgan fingerprint density at radius 1 is 1.21 bits per heavy atom. The van der Waals surface area contributed by atoms with Crippen molar-refractivity contribution in [2.24, 2.45) is 0 Å². The van der Waals surface area contributed by atoms with Gasteiger partial charge in [0.2, 0.25) is 0 Å². The smallest absolute Gasteiger partial charge is 0.444 e. The lowest BCUT2D eigenvalue weighted by atomic mass is 9.78. The molecule has 0 radical (unpaired) electrons. The van der Waals surface area contributed by atoms with Crippen LogP contribution in [0.1, 0.15) is 66.9 Å². The maximum Gasteiger partial charge on any atom is 0.497 e. The highest BCUT2D eigenvalue weighted by atomic mass is 19.1. The molecule has 0 unspecified atom stereocenters. The fourth-order valence-electron chi connectivity index (χ4n) is 3.08. The molecular weight excluding hydrogens is 360 g/mol.